The molecule has 10 heteroatoms. The SMILES string of the molecule is CC[C@H](c1nnnn1CCOC)N(CCc1ccc(OC)c(OC)c1)Cc1cc2cc(C)c(C)cc2[nH]c1=O. The lowest BCUT2D eigenvalue weighted by molar-refractivity contribution is 0.158. The summed E-state index contributed by atoms with van der Waals surface area (Å²) in [4.78, 5) is 18.6. The fourth-order valence-corrected chi connectivity index (χ4v) is 4.90. The predicted octanol–water partition coefficient (Wildman–Crippen LogP) is 3.99. The highest BCUT2D eigenvalue weighted by atomic mass is 16.5. The maximum Gasteiger partial charge on any atom is 0.252 e. The summed E-state index contributed by atoms with van der Waals surface area (Å²) < 4.78 is 18.0. The summed E-state index contributed by atoms with van der Waals surface area (Å²) in [6, 6.07) is 12.0. The Morgan fingerprint density at radius 2 is 1.79 bits per heavy atom. The van der Waals surface area contributed by atoms with E-state index in [9.17, 15) is 4.79 Å². The number of rotatable bonds is 13. The van der Waals surface area contributed by atoms with E-state index in [0.717, 1.165) is 40.7 Å². The number of H-pyrrole nitrogens is 1. The number of nitrogens with one attached hydrogen (secondary N) is 1. The number of methoxy groups -OCH3 is 3. The first-order valence-corrected chi connectivity index (χ1v) is 13.2. The van der Waals surface area contributed by atoms with E-state index in [1.807, 2.05) is 30.3 Å². The lowest BCUT2D eigenvalue weighted by Crippen LogP contribution is -2.34. The third kappa shape index (κ3) is 6.46. The van der Waals surface area contributed by atoms with Crippen LogP contribution in [0.15, 0.2) is 41.2 Å². The van der Waals surface area contributed by atoms with Crippen LogP contribution in [0.2, 0.25) is 0 Å². The number of benzene rings is 2. The van der Waals surface area contributed by atoms with E-state index in [-0.39, 0.29) is 11.6 Å². The van der Waals surface area contributed by atoms with Gasteiger partial charge in [-0.1, -0.05) is 13.0 Å². The van der Waals surface area contributed by atoms with Gasteiger partial charge in [0.25, 0.3) is 5.56 Å². The van der Waals surface area contributed by atoms with Crippen molar-refractivity contribution in [2.45, 2.75) is 52.7 Å². The molecule has 0 aliphatic carbocycles. The van der Waals surface area contributed by atoms with Gasteiger partial charge in [-0.15, -0.1) is 5.10 Å². The summed E-state index contributed by atoms with van der Waals surface area (Å²) in [6.45, 7) is 8.42. The minimum atomic E-state index is -0.105. The number of nitrogens with zero attached hydrogens (tertiary/aromatic N) is 5. The Kier molecular flexibility index (Phi) is 9.32. The van der Waals surface area contributed by atoms with E-state index in [1.54, 1.807) is 26.0 Å². The first kappa shape index (κ1) is 28.3. The normalized spacial score (nSPS) is 12.3. The van der Waals surface area contributed by atoms with Crippen LogP contribution < -0.4 is 15.0 Å². The van der Waals surface area contributed by atoms with Crippen LogP contribution in [0.25, 0.3) is 10.9 Å². The monoisotopic (exact) mass is 534 g/mol. The highest BCUT2D eigenvalue weighted by molar-refractivity contribution is 5.80. The molecule has 4 rings (SSSR count). The summed E-state index contributed by atoms with van der Waals surface area (Å²) in [5.41, 5.74) is 4.90. The van der Waals surface area contributed by atoms with Gasteiger partial charge < -0.3 is 19.2 Å². The Labute approximate surface area is 228 Å². The van der Waals surface area contributed by atoms with Crippen LogP contribution >= 0.6 is 0 Å². The number of pyridine rings is 1. The minimum Gasteiger partial charge on any atom is -0.493 e. The quantitative estimate of drug-likeness (QED) is 0.274. The van der Waals surface area contributed by atoms with Gasteiger partial charge in [-0.05, 0) is 89.5 Å². The summed E-state index contributed by atoms with van der Waals surface area (Å²) in [5, 5.41) is 13.6. The molecule has 1 atom stereocenters. The number of aromatic nitrogens is 5. The second-order valence-corrected chi connectivity index (χ2v) is 9.73. The summed E-state index contributed by atoms with van der Waals surface area (Å²) in [7, 11) is 4.92. The molecular weight excluding hydrogens is 496 g/mol. The molecule has 0 aliphatic heterocycles. The van der Waals surface area contributed by atoms with Crippen molar-refractivity contribution in [3.8, 4) is 11.5 Å². The largest absolute Gasteiger partial charge is 0.493 e. The van der Waals surface area contributed by atoms with E-state index >= 15 is 0 Å². The van der Waals surface area contributed by atoms with Crippen molar-refractivity contribution in [1.82, 2.24) is 30.1 Å². The molecular formula is C29H38N6O4. The molecule has 0 fully saturated rings. The molecule has 0 bridgehead atoms. The van der Waals surface area contributed by atoms with Crippen molar-refractivity contribution < 1.29 is 14.2 Å². The van der Waals surface area contributed by atoms with Crippen LogP contribution in [0, 0.1) is 13.8 Å². The molecule has 208 valence electrons. The van der Waals surface area contributed by atoms with Gasteiger partial charge in [-0.25, -0.2) is 4.68 Å². The van der Waals surface area contributed by atoms with E-state index < -0.39 is 0 Å². The number of hydrogen-bond donors (Lipinski definition) is 1. The lowest BCUT2D eigenvalue weighted by atomic mass is 10.0. The zero-order valence-corrected chi connectivity index (χ0v) is 23.7. The first-order chi connectivity index (χ1) is 18.9. The van der Waals surface area contributed by atoms with Gasteiger partial charge in [0.15, 0.2) is 17.3 Å². The maximum atomic E-state index is 13.2. The number of ether oxygens (including phenoxy) is 3. The highest BCUT2D eigenvalue weighted by Crippen LogP contribution is 2.29. The summed E-state index contributed by atoms with van der Waals surface area (Å²) in [6.07, 6.45) is 1.50. The lowest BCUT2D eigenvalue weighted by Gasteiger charge is -2.30. The molecule has 4 aromatic rings. The number of fused-ring (bicyclic) bond motifs is 1. The average molecular weight is 535 g/mol. The first-order valence-electron chi connectivity index (χ1n) is 13.2. The Bertz CT molecular complexity index is 1460. The fourth-order valence-electron chi connectivity index (χ4n) is 4.90. The third-order valence-electron chi connectivity index (χ3n) is 7.24. The van der Waals surface area contributed by atoms with E-state index in [4.69, 9.17) is 14.2 Å². The average Bonchev–Trinajstić information content (AvgIpc) is 3.40. The Morgan fingerprint density at radius 3 is 2.51 bits per heavy atom. The molecule has 0 saturated heterocycles. The van der Waals surface area contributed by atoms with Gasteiger partial charge in [0, 0.05) is 31.3 Å². The number of aryl methyl sites for hydroxylation is 2. The van der Waals surface area contributed by atoms with Crippen molar-refractivity contribution in [1.29, 1.82) is 0 Å². The molecule has 0 saturated carbocycles. The third-order valence-corrected chi connectivity index (χ3v) is 7.24. The molecule has 0 amide bonds. The smallest absolute Gasteiger partial charge is 0.252 e. The van der Waals surface area contributed by atoms with Crippen molar-refractivity contribution in [3.05, 3.63) is 74.8 Å². The number of hydrogen-bond acceptors (Lipinski definition) is 8. The van der Waals surface area contributed by atoms with E-state index in [1.165, 1.54) is 5.56 Å². The molecule has 2 aromatic heterocycles. The van der Waals surface area contributed by atoms with Gasteiger partial charge >= 0.3 is 0 Å². The summed E-state index contributed by atoms with van der Waals surface area (Å²) >= 11 is 0. The van der Waals surface area contributed by atoms with Gasteiger partial charge in [0.05, 0.1) is 33.4 Å². The summed E-state index contributed by atoms with van der Waals surface area (Å²) in [5.74, 6) is 2.13. The van der Waals surface area contributed by atoms with Crippen LogP contribution in [-0.2, 0) is 24.2 Å². The molecule has 0 radical (unpaired) electrons. The Hall–Kier alpha value is -3.76. The molecule has 2 heterocycles. The molecule has 0 aliphatic rings. The molecule has 2 aromatic carbocycles. The van der Waals surface area contributed by atoms with Gasteiger partial charge in [0.1, 0.15) is 0 Å². The fraction of sp³-hybridized carbons (Fsp3) is 0.448. The molecule has 0 unspecified atom stereocenters. The predicted molar refractivity (Wildman–Crippen MR) is 150 cm³/mol. The second kappa shape index (κ2) is 12.9. The van der Waals surface area contributed by atoms with Crippen LogP contribution in [0.3, 0.4) is 0 Å². The number of aromatic amines is 1. The Balaban J connectivity index is 1.69. The zero-order chi connectivity index (χ0) is 27.9. The van der Waals surface area contributed by atoms with E-state index in [0.29, 0.717) is 43.3 Å². The minimum absolute atomic E-state index is 0.0873. The van der Waals surface area contributed by atoms with Gasteiger partial charge in [-0.3, -0.25) is 9.69 Å². The zero-order valence-electron chi connectivity index (χ0n) is 23.7. The van der Waals surface area contributed by atoms with E-state index in [2.05, 4.69) is 52.2 Å². The molecule has 0 spiro atoms. The highest BCUT2D eigenvalue weighted by Gasteiger charge is 2.26. The van der Waals surface area contributed by atoms with Crippen LogP contribution in [-0.4, -0.2) is 64.6 Å². The van der Waals surface area contributed by atoms with Crippen molar-refractivity contribution in [2.24, 2.45) is 0 Å². The van der Waals surface area contributed by atoms with Crippen LogP contribution in [0.1, 0.15) is 47.5 Å². The molecule has 1 N–H and O–H groups in total. The maximum absolute atomic E-state index is 13.2. The van der Waals surface area contributed by atoms with Crippen LogP contribution in [0.5, 0.6) is 11.5 Å². The van der Waals surface area contributed by atoms with Crippen molar-refractivity contribution in [3.63, 3.8) is 0 Å². The Morgan fingerprint density at radius 1 is 1.03 bits per heavy atom. The van der Waals surface area contributed by atoms with Crippen molar-refractivity contribution >= 4 is 10.9 Å². The van der Waals surface area contributed by atoms with Crippen LogP contribution in [0.4, 0.5) is 0 Å². The standard InChI is InChI=1S/C29H38N6O4/c1-7-25(28-31-32-33-35(28)12-13-37-4)34(11-10-21-8-9-26(38-5)27(16-21)39-6)18-23-17-22-14-19(2)20(3)15-24(22)30-29(23)36/h8-9,14-17,25H,7,10-13,18H2,1-6H3,(H,30,36)/t25-/m1/s1. The topological polar surface area (TPSA) is 107 Å². The van der Waals surface area contributed by atoms with Gasteiger partial charge in [0.2, 0.25) is 0 Å². The van der Waals surface area contributed by atoms with Crippen molar-refractivity contribution in [2.75, 3.05) is 34.5 Å². The molecule has 39 heavy (non-hydrogen) atoms. The second-order valence-electron chi connectivity index (χ2n) is 9.73. The number of tetrazole rings is 1. The van der Waals surface area contributed by atoms with Gasteiger partial charge in [-0.2, -0.15) is 0 Å². The molecule has 10 nitrogen and oxygen atoms in total.